The van der Waals surface area contributed by atoms with E-state index in [0.29, 0.717) is 16.4 Å². The molecule has 1 fully saturated rings. The minimum absolute atomic E-state index is 0.143. The van der Waals surface area contributed by atoms with Crippen molar-refractivity contribution in [3.05, 3.63) is 29.8 Å². The van der Waals surface area contributed by atoms with Crippen molar-refractivity contribution in [1.29, 1.82) is 0 Å². The van der Waals surface area contributed by atoms with Gasteiger partial charge >= 0.3 is 0 Å². The van der Waals surface area contributed by atoms with Crippen molar-refractivity contribution in [2.45, 2.75) is 37.3 Å². The van der Waals surface area contributed by atoms with E-state index >= 15 is 0 Å². The molecule has 4 unspecified atom stereocenters. The van der Waals surface area contributed by atoms with Gasteiger partial charge in [-0.05, 0) is 18.1 Å². The van der Waals surface area contributed by atoms with Gasteiger partial charge in [0.2, 0.25) is 0 Å². The molecule has 1 aliphatic heterocycles. The third-order valence-electron chi connectivity index (χ3n) is 3.75. The van der Waals surface area contributed by atoms with E-state index in [4.69, 9.17) is 5.73 Å². The van der Waals surface area contributed by atoms with Crippen LogP contribution in [0.25, 0.3) is 0 Å². The zero-order valence-electron chi connectivity index (χ0n) is 12.4. The van der Waals surface area contributed by atoms with E-state index in [1.54, 1.807) is 6.07 Å². The van der Waals surface area contributed by atoms with Crippen LogP contribution in [0, 0.1) is 11.7 Å². The zero-order valence-corrected chi connectivity index (χ0v) is 13.2. The second-order valence-corrected chi connectivity index (χ2v) is 7.76. The van der Waals surface area contributed by atoms with Crippen molar-refractivity contribution in [3.63, 3.8) is 0 Å². The first kappa shape index (κ1) is 15.7. The van der Waals surface area contributed by atoms with Crippen LogP contribution in [0.4, 0.5) is 4.39 Å². The lowest BCUT2D eigenvalue weighted by Crippen LogP contribution is -2.43. The smallest absolute Gasteiger partial charge is 0.141 e. The minimum Gasteiger partial charge on any atom is -0.322 e. The van der Waals surface area contributed by atoms with E-state index in [1.165, 1.54) is 12.3 Å². The van der Waals surface area contributed by atoms with Crippen LogP contribution in [0.2, 0.25) is 0 Å². The largest absolute Gasteiger partial charge is 0.322 e. The third-order valence-corrected chi connectivity index (χ3v) is 4.97. The topological polar surface area (TPSA) is 42.1 Å². The lowest BCUT2D eigenvalue weighted by atomic mass is 9.98. The minimum atomic E-state index is -0.315. The third kappa shape index (κ3) is 4.17. The van der Waals surface area contributed by atoms with E-state index in [9.17, 15) is 4.39 Å². The number of rotatable bonds is 4. The van der Waals surface area contributed by atoms with Gasteiger partial charge in [-0.25, -0.2) is 4.39 Å². The maximum atomic E-state index is 12.9. The Morgan fingerprint density at radius 3 is 2.60 bits per heavy atom. The van der Waals surface area contributed by atoms with Gasteiger partial charge in [0.15, 0.2) is 0 Å². The molecular weight excluding hydrogens is 273 g/mol. The van der Waals surface area contributed by atoms with Gasteiger partial charge in [0, 0.05) is 30.1 Å². The Kier molecular flexibility index (Phi) is 5.41. The first-order chi connectivity index (χ1) is 9.45. The van der Waals surface area contributed by atoms with Crippen LogP contribution >= 0.6 is 11.8 Å². The molecule has 0 aliphatic carbocycles. The predicted molar refractivity (Wildman–Crippen MR) is 83.2 cm³/mol. The SMILES string of the molecule is CC1CN(CC(C)C(N)c2ccc(F)cn2)CC(C)S1. The number of pyridine rings is 1. The van der Waals surface area contributed by atoms with Gasteiger partial charge in [-0.1, -0.05) is 20.8 Å². The monoisotopic (exact) mass is 297 g/mol. The number of hydrogen-bond acceptors (Lipinski definition) is 4. The summed E-state index contributed by atoms with van der Waals surface area (Å²) in [5.74, 6) is -0.0141. The fourth-order valence-electron chi connectivity index (χ4n) is 2.83. The fraction of sp³-hybridized carbons (Fsp3) is 0.667. The van der Waals surface area contributed by atoms with Gasteiger partial charge in [-0.15, -0.1) is 0 Å². The maximum absolute atomic E-state index is 12.9. The van der Waals surface area contributed by atoms with Crippen molar-refractivity contribution in [1.82, 2.24) is 9.88 Å². The Morgan fingerprint density at radius 2 is 2.05 bits per heavy atom. The van der Waals surface area contributed by atoms with Crippen molar-refractivity contribution in [2.75, 3.05) is 19.6 Å². The van der Waals surface area contributed by atoms with Crippen LogP contribution < -0.4 is 5.73 Å². The number of nitrogens with two attached hydrogens (primary N) is 1. The lowest BCUT2D eigenvalue weighted by Gasteiger charge is -2.37. The summed E-state index contributed by atoms with van der Waals surface area (Å²) in [5, 5.41) is 1.34. The summed E-state index contributed by atoms with van der Waals surface area (Å²) < 4.78 is 12.9. The summed E-state index contributed by atoms with van der Waals surface area (Å²) in [5.41, 5.74) is 7.03. The fourth-order valence-corrected chi connectivity index (χ4v) is 4.22. The normalized spacial score (nSPS) is 27.2. The molecule has 1 aromatic heterocycles. The van der Waals surface area contributed by atoms with Crippen LogP contribution in [-0.4, -0.2) is 40.0 Å². The average Bonchev–Trinajstić information content (AvgIpc) is 2.37. The second-order valence-electron chi connectivity index (χ2n) is 5.88. The first-order valence-electron chi connectivity index (χ1n) is 7.20. The number of thioether (sulfide) groups is 1. The van der Waals surface area contributed by atoms with E-state index < -0.39 is 0 Å². The van der Waals surface area contributed by atoms with Crippen LogP contribution in [0.15, 0.2) is 18.3 Å². The lowest BCUT2D eigenvalue weighted by molar-refractivity contribution is 0.219. The molecule has 0 saturated carbocycles. The molecule has 2 rings (SSSR count). The van der Waals surface area contributed by atoms with Gasteiger partial charge in [-0.2, -0.15) is 11.8 Å². The highest BCUT2D eigenvalue weighted by molar-refractivity contribution is 8.00. The summed E-state index contributed by atoms with van der Waals surface area (Å²) in [6.45, 7) is 9.90. The molecule has 5 heteroatoms. The molecule has 0 aromatic carbocycles. The Morgan fingerprint density at radius 1 is 1.40 bits per heavy atom. The molecule has 0 bridgehead atoms. The van der Waals surface area contributed by atoms with E-state index in [2.05, 4.69) is 42.4 Å². The van der Waals surface area contributed by atoms with Gasteiger partial charge < -0.3 is 10.6 Å². The molecule has 4 atom stereocenters. The summed E-state index contributed by atoms with van der Waals surface area (Å²) in [6.07, 6.45) is 1.24. The van der Waals surface area contributed by atoms with Crippen molar-refractivity contribution < 1.29 is 4.39 Å². The molecule has 2 heterocycles. The Labute approximate surface area is 125 Å². The summed E-state index contributed by atoms with van der Waals surface area (Å²) in [6, 6.07) is 2.97. The summed E-state index contributed by atoms with van der Waals surface area (Å²) in [4.78, 5) is 6.59. The highest BCUT2D eigenvalue weighted by atomic mass is 32.2. The predicted octanol–water partition coefficient (Wildman–Crippen LogP) is 2.68. The van der Waals surface area contributed by atoms with Gasteiger partial charge in [-0.3, -0.25) is 4.98 Å². The summed E-state index contributed by atoms with van der Waals surface area (Å²) in [7, 11) is 0. The van der Waals surface area contributed by atoms with Gasteiger partial charge in [0.25, 0.3) is 0 Å². The zero-order chi connectivity index (χ0) is 14.7. The molecule has 1 aromatic rings. The molecule has 3 nitrogen and oxygen atoms in total. The molecule has 112 valence electrons. The first-order valence-corrected chi connectivity index (χ1v) is 8.15. The van der Waals surface area contributed by atoms with Crippen LogP contribution in [-0.2, 0) is 0 Å². The van der Waals surface area contributed by atoms with E-state index in [-0.39, 0.29) is 11.9 Å². The molecule has 1 saturated heterocycles. The number of halogens is 1. The molecular formula is C15H24FN3S. The van der Waals surface area contributed by atoms with Gasteiger partial charge in [0.1, 0.15) is 5.82 Å². The molecule has 20 heavy (non-hydrogen) atoms. The van der Waals surface area contributed by atoms with E-state index in [0.717, 1.165) is 25.3 Å². The Balaban J connectivity index is 1.93. The number of aromatic nitrogens is 1. The van der Waals surface area contributed by atoms with Crippen molar-refractivity contribution in [2.24, 2.45) is 11.7 Å². The second kappa shape index (κ2) is 6.87. The van der Waals surface area contributed by atoms with Crippen LogP contribution in [0.5, 0.6) is 0 Å². The molecule has 0 radical (unpaired) electrons. The quantitative estimate of drug-likeness (QED) is 0.928. The highest BCUT2D eigenvalue weighted by Crippen LogP contribution is 2.27. The molecule has 0 amide bonds. The highest BCUT2D eigenvalue weighted by Gasteiger charge is 2.25. The number of hydrogen-bond donors (Lipinski definition) is 1. The summed E-state index contributed by atoms with van der Waals surface area (Å²) >= 11 is 2.05. The Hall–Kier alpha value is -0.650. The van der Waals surface area contributed by atoms with Crippen LogP contribution in [0.1, 0.15) is 32.5 Å². The van der Waals surface area contributed by atoms with E-state index in [1.807, 2.05) is 0 Å². The average molecular weight is 297 g/mol. The Bertz CT molecular complexity index is 416. The van der Waals surface area contributed by atoms with Crippen molar-refractivity contribution >= 4 is 11.8 Å². The maximum Gasteiger partial charge on any atom is 0.141 e. The van der Waals surface area contributed by atoms with Crippen molar-refractivity contribution in [3.8, 4) is 0 Å². The van der Waals surface area contributed by atoms with Gasteiger partial charge in [0.05, 0.1) is 17.9 Å². The number of nitrogens with zero attached hydrogens (tertiary/aromatic N) is 2. The molecule has 0 spiro atoms. The standard InChI is InChI=1S/C15H24FN3S/c1-10(7-19-8-11(2)20-12(3)9-19)15(17)14-5-4-13(16)6-18-14/h4-6,10-12,15H,7-9,17H2,1-3H3. The molecule has 2 N–H and O–H groups in total. The van der Waals surface area contributed by atoms with Crippen LogP contribution in [0.3, 0.4) is 0 Å². The molecule has 1 aliphatic rings.